The Morgan fingerprint density at radius 3 is 2.65 bits per heavy atom. The minimum Gasteiger partial charge on any atom is -0.346 e. The fourth-order valence-corrected chi connectivity index (χ4v) is 2.57. The van der Waals surface area contributed by atoms with Gasteiger partial charge in [-0.15, -0.1) is 0 Å². The molecule has 0 aromatic heterocycles. The van der Waals surface area contributed by atoms with Gasteiger partial charge in [0.25, 0.3) is 0 Å². The first-order valence-corrected chi connectivity index (χ1v) is 6.17. The molecule has 1 aromatic carbocycles. The summed E-state index contributed by atoms with van der Waals surface area (Å²) in [6, 6.07) is 10.4. The van der Waals surface area contributed by atoms with Crippen LogP contribution in [0.5, 0.6) is 0 Å². The van der Waals surface area contributed by atoms with Gasteiger partial charge >= 0.3 is 0 Å². The van der Waals surface area contributed by atoms with Gasteiger partial charge in [-0.3, -0.25) is 4.79 Å². The Kier molecular flexibility index (Phi) is 3.48. The predicted octanol–water partition coefficient (Wildman–Crippen LogP) is 1.53. The molecule has 3 heteroatoms. The average molecular weight is 232 g/mol. The van der Waals surface area contributed by atoms with E-state index in [2.05, 4.69) is 12.1 Å². The maximum atomic E-state index is 11.7. The first kappa shape index (κ1) is 12.1. The van der Waals surface area contributed by atoms with Gasteiger partial charge in [-0.05, 0) is 18.4 Å². The maximum absolute atomic E-state index is 11.7. The molecule has 3 nitrogen and oxygen atoms in total. The monoisotopic (exact) mass is 232 g/mol. The van der Waals surface area contributed by atoms with Crippen molar-refractivity contribution in [1.82, 2.24) is 4.90 Å². The van der Waals surface area contributed by atoms with Gasteiger partial charge in [-0.2, -0.15) is 0 Å². The zero-order valence-electron chi connectivity index (χ0n) is 10.4. The summed E-state index contributed by atoms with van der Waals surface area (Å²) in [5, 5.41) is 0. The molecule has 17 heavy (non-hydrogen) atoms. The SMILES string of the molecule is CN1CCC(CN)(c2ccccc2)CCC1=O. The van der Waals surface area contributed by atoms with Gasteiger partial charge in [0, 0.05) is 32.0 Å². The van der Waals surface area contributed by atoms with Crippen molar-refractivity contribution in [2.45, 2.75) is 24.7 Å². The lowest BCUT2D eigenvalue weighted by molar-refractivity contribution is -0.129. The van der Waals surface area contributed by atoms with Crippen LogP contribution in [0, 0.1) is 0 Å². The molecule has 1 fully saturated rings. The third kappa shape index (κ3) is 2.34. The van der Waals surface area contributed by atoms with E-state index in [9.17, 15) is 4.79 Å². The van der Waals surface area contributed by atoms with E-state index in [4.69, 9.17) is 5.73 Å². The summed E-state index contributed by atoms with van der Waals surface area (Å²) in [5.74, 6) is 0.233. The number of carbonyl (C=O) groups is 1. The smallest absolute Gasteiger partial charge is 0.222 e. The number of likely N-dealkylation sites (tertiary alicyclic amines) is 1. The summed E-state index contributed by atoms with van der Waals surface area (Å²) in [7, 11) is 1.87. The highest BCUT2D eigenvalue weighted by molar-refractivity contribution is 5.76. The topological polar surface area (TPSA) is 46.3 Å². The van der Waals surface area contributed by atoms with Gasteiger partial charge in [0.15, 0.2) is 0 Å². The van der Waals surface area contributed by atoms with Gasteiger partial charge < -0.3 is 10.6 Å². The van der Waals surface area contributed by atoms with Crippen LogP contribution in [0.3, 0.4) is 0 Å². The second-order valence-electron chi connectivity index (χ2n) is 4.92. The van der Waals surface area contributed by atoms with Crippen LogP contribution in [0.1, 0.15) is 24.8 Å². The Morgan fingerprint density at radius 1 is 1.29 bits per heavy atom. The molecule has 0 radical (unpaired) electrons. The Hall–Kier alpha value is -1.35. The van der Waals surface area contributed by atoms with Crippen molar-refractivity contribution < 1.29 is 4.79 Å². The Morgan fingerprint density at radius 2 is 2.00 bits per heavy atom. The normalized spacial score (nSPS) is 25.8. The molecule has 2 rings (SSSR count). The molecular weight excluding hydrogens is 212 g/mol. The molecule has 1 amide bonds. The Bertz CT molecular complexity index is 390. The molecule has 2 N–H and O–H groups in total. The van der Waals surface area contributed by atoms with Crippen molar-refractivity contribution in [3.63, 3.8) is 0 Å². The lowest BCUT2D eigenvalue weighted by atomic mass is 9.74. The zero-order chi connectivity index (χ0) is 12.3. The van der Waals surface area contributed by atoms with Gasteiger partial charge in [-0.1, -0.05) is 30.3 Å². The number of nitrogens with zero attached hydrogens (tertiary/aromatic N) is 1. The summed E-state index contributed by atoms with van der Waals surface area (Å²) < 4.78 is 0. The molecule has 0 aliphatic carbocycles. The molecule has 1 aliphatic heterocycles. The second kappa shape index (κ2) is 4.88. The van der Waals surface area contributed by atoms with Crippen LogP contribution in [0.4, 0.5) is 0 Å². The van der Waals surface area contributed by atoms with E-state index in [1.807, 2.05) is 30.1 Å². The summed E-state index contributed by atoms with van der Waals surface area (Å²) in [6.07, 6.45) is 2.41. The number of hydrogen-bond donors (Lipinski definition) is 1. The van der Waals surface area contributed by atoms with Crippen LogP contribution in [0.25, 0.3) is 0 Å². The summed E-state index contributed by atoms with van der Waals surface area (Å²) >= 11 is 0. The minimum atomic E-state index is -0.0261. The third-order valence-corrected chi connectivity index (χ3v) is 3.95. The van der Waals surface area contributed by atoms with Crippen LogP contribution < -0.4 is 5.73 Å². The van der Waals surface area contributed by atoms with E-state index in [1.165, 1.54) is 5.56 Å². The van der Waals surface area contributed by atoms with Gasteiger partial charge in [0.1, 0.15) is 0 Å². The first-order chi connectivity index (χ1) is 8.18. The number of amides is 1. The lowest BCUT2D eigenvalue weighted by Gasteiger charge is -2.31. The van der Waals surface area contributed by atoms with Gasteiger partial charge in [0.2, 0.25) is 5.91 Å². The molecule has 92 valence electrons. The van der Waals surface area contributed by atoms with Crippen molar-refractivity contribution in [2.24, 2.45) is 5.73 Å². The highest BCUT2D eigenvalue weighted by atomic mass is 16.2. The van der Waals surface area contributed by atoms with E-state index in [0.717, 1.165) is 19.4 Å². The van der Waals surface area contributed by atoms with Crippen LogP contribution in [0.2, 0.25) is 0 Å². The van der Waals surface area contributed by atoms with Gasteiger partial charge in [-0.25, -0.2) is 0 Å². The largest absolute Gasteiger partial charge is 0.346 e. The highest BCUT2D eigenvalue weighted by Gasteiger charge is 2.34. The molecule has 1 atom stereocenters. The van der Waals surface area contributed by atoms with Crippen LogP contribution in [0.15, 0.2) is 30.3 Å². The van der Waals surface area contributed by atoms with E-state index in [0.29, 0.717) is 13.0 Å². The van der Waals surface area contributed by atoms with E-state index >= 15 is 0 Å². The summed E-state index contributed by atoms with van der Waals surface area (Å²) in [4.78, 5) is 13.6. The molecule has 1 saturated heterocycles. The van der Waals surface area contributed by atoms with E-state index < -0.39 is 0 Å². The van der Waals surface area contributed by atoms with Crippen LogP contribution in [-0.2, 0) is 10.2 Å². The molecule has 0 saturated carbocycles. The molecular formula is C14H20N2O. The number of benzene rings is 1. The molecule has 0 bridgehead atoms. The first-order valence-electron chi connectivity index (χ1n) is 6.17. The molecule has 0 spiro atoms. The molecule has 1 heterocycles. The fraction of sp³-hybridized carbons (Fsp3) is 0.500. The third-order valence-electron chi connectivity index (χ3n) is 3.95. The van der Waals surface area contributed by atoms with Crippen molar-refractivity contribution >= 4 is 5.91 Å². The highest BCUT2D eigenvalue weighted by Crippen LogP contribution is 2.34. The molecule has 1 unspecified atom stereocenters. The summed E-state index contributed by atoms with van der Waals surface area (Å²) in [5.41, 5.74) is 7.24. The van der Waals surface area contributed by atoms with Crippen LogP contribution in [-0.4, -0.2) is 30.9 Å². The number of nitrogens with two attached hydrogens (primary N) is 1. The van der Waals surface area contributed by atoms with E-state index in [1.54, 1.807) is 0 Å². The quantitative estimate of drug-likeness (QED) is 0.840. The number of carbonyl (C=O) groups excluding carboxylic acids is 1. The Labute approximate surface area is 103 Å². The zero-order valence-corrected chi connectivity index (χ0v) is 10.4. The standard InChI is InChI=1S/C14H20N2O/c1-16-10-9-14(11-15,8-7-13(16)17)12-5-3-2-4-6-12/h2-6H,7-11,15H2,1H3. The lowest BCUT2D eigenvalue weighted by Crippen LogP contribution is -2.36. The van der Waals surface area contributed by atoms with Crippen molar-refractivity contribution in [3.05, 3.63) is 35.9 Å². The minimum absolute atomic E-state index is 0.0261. The number of rotatable bonds is 2. The predicted molar refractivity (Wildman–Crippen MR) is 68.7 cm³/mol. The Balaban J connectivity index is 2.29. The van der Waals surface area contributed by atoms with Crippen molar-refractivity contribution in [3.8, 4) is 0 Å². The van der Waals surface area contributed by atoms with Crippen molar-refractivity contribution in [2.75, 3.05) is 20.1 Å². The van der Waals surface area contributed by atoms with E-state index in [-0.39, 0.29) is 11.3 Å². The fourth-order valence-electron chi connectivity index (χ4n) is 2.57. The number of hydrogen-bond acceptors (Lipinski definition) is 2. The molecule has 1 aromatic rings. The van der Waals surface area contributed by atoms with Crippen LogP contribution >= 0.6 is 0 Å². The summed E-state index contributed by atoms with van der Waals surface area (Å²) in [6.45, 7) is 1.41. The second-order valence-corrected chi connectivity index (χ2v) is 4.92. The van der Waals surface area contributed by atoms with Gasteiger partial charge in [0.05, 0.1) is 0 Å². The maximum Gasteiger partial charge on any atom is 0.222 e. The average Bonchev–Trinajstić information content (AvgIpc) is 2.53. The van der Waals surface area contributed by atoms with Crippen molar-refractivity contribution in [1.29, 1.82) is 0 Å². The molecule has 1 aliphatic rings.